The van der Waals surface area contributed by atoms with E-state index in [1.165, 1.54) is 17.2 Å². The highest BCUT2D eigenvalue weighted by Gasteiger charge is 2.40. The molecule has 0 aliphatic heterocycles. The van der Waals surface area contributed by atoms with E-state index in [0.717, 1.165) is 25.3 Å². The van der Waals surface area contributed by atoms with Crippen LogP contribution in [0.2, 0.25) is 0 Å². The number of aliphatic carboxylic acids is 1. The molecule has 0 radical (unpaired) electrons. The number of hydrogen-bond donors (Lipinski definition) is 1. The topological polar surface area (TPSA) is 70.5 Å². The standard InChI is InChI=1S/C15H19FN2O3/c1-18(14(21)11-5-6-12(16)17-10-11)15(9-13(19)20)7-3-2-4-8-15/h5-6,10H,2-4,7-9H2,1H3,(H,19,20). The van der Waals surface area contributed by atoms with Gasteiger partial charge in [-0.2, -0.15) is 4.39 Å². The maximum atomic E-state index is 12.8. The number of halogens is 1. The summed E-state index contributed by atoms with van der Waals surface area (Å²) in [5.41, 5.74) is -0.385. The monoisotopic (exact) mass is 294 g/mol. The van der Waals surface area contributed by atoms with E-state index in [1.807, 2.05) is 0 Å². The molecule has 1 heterocycles. The molecule has 0 spiro atoms. The summed E-state index contributed by atoms with van der Waals surface area (Å²) in [6, 6.07) is 2.50. The first-order valence-electron chi connectivity index (χ1n) is 7.06. The van der Waals surface area contributed by atoms with Crippen LogP contribution in [0.15, 0.2) is 18.3 Å². The van der Waals surface area contributed by atoms with Crippen molar-refractivity contribution in [1.29, 1.82) is 0 Å². The summed E-state index contributed by atoms with van der Waals surface area (Å²) in [5.74, 6) is -1.87. The first-order valence-corrected chi connectivity index (χ1v) is 7.06. The number of pyridine rings is 1. The number of hydrogen-bond acceptors (Lipinski definition) is 3. The molecule has 1 aromatic rings. The molecule has 0 saturated heterocycles. The van der Waals surface area contributed by atoms with Crippen LogP contribution in [0.25, 0.3) is 0 Å². The molecule has 6 heteroatoms. The summed E-state index contributed by atoms with van der Waals surface area (Å²) in [4.78, 5) is 28.7. The Hall–Kier alpha value is -1.98. The molecule has 1 aliphatic rings. The summed E-state index contributed by atoms with van der Waals surface area (Å²) in [7, 11) is 1.62. The van der Waals surface area contributed by atoms with Crippen molar-refractivity contribution in [2.24, 2.45) is 0 Å². The second kappa shape index (κ2) is 6.20. The minimum atomic E-state index is -0.909. The lowest BCUT2D eigenvalue weighted by Crippen LogP contribution is -2.52. The molecule has 1 N–H and O–H groups in total. The van der Waals surface area contributed by atoms with Crippen molar-refractivity contribution in [3.05, 3.63) is 29.8 Å². The van der Waals surface area contributed by atoms with Crippen molar-refractivity contribution in [2.45, 2.75) is 44.1 Å². The molecular weight excluding hydrogens is 275 g/mol. The normalized spacial score (nSPS) is 17.2. The van der Waals surface area contributed by atoms with Gasteiger partial charge in [-0.1, -0.05) is 19.3 Å². The highest BCUT2D eigenvalue weighted by atomic mass is 19.1. The number of nitrogens with zero attached hydrogens (tertiary/aromatic N) is 2. The van der Waals surface area contributed by atoms with E-state index in [4.69, 9.17) is 5.11 Å². The van der Waals surface area contributed by atoms with Gasteiger partial charge in [0.25, 0.3) is 5.91 Å². The predicted octanol–water partition coefficient (Wildman–Crippen LogP) is 2.47. The highest BCUT2D eigenvalue weighted by Crippen LogP contribution is 2.36. The third-order valence-corrected chi connectivity index (χ3v) is 4.26. The van der Waals surface area contributed by atoms with Gasteiger partial charge in [0.1, 0.15) is 0 Å². The van der Waals surface area contributed by atoms with Crippen LogP contribution in [-0.4, -0.2) is 39.5 Å². The van der Waals surface area contributed by atoms with Crippen LogP contribution in [0.1, 0.15) is 48.9 Å². The molecule has 21 heavy (non-hydrogen) atoms. The third-order valence-electron chi connectivity index (χ3n) is 4.26. The van der Waals surface area contributed by atoms with Crippen LogP contribution in [0.4, 0.5) is 4.39 Å². The van der Waals surface area contributed by atoms with E-state index in [1.54, 1.807) is 7.05 Å². The van der Waals surface area contributed by atoms with Crippen molar-refractivity contribution < 1.29 is 19.1 Å². The van der Waals surface area contributed by atoms with Gasteiger partial charge in [-0.05, 0) is 25.0 Å². The maximum absolute atomic E-state index is 12.8. The van der Waals surface area contributed by atoms with Crippen molar-refractivity contribution >= 4 is 11.9 Å². The molecule has 0 bridgehead atoms. The quantitative estimate of drug-likeness (QED) is 0.866. The van der Waals surface area contributed by atoms with E-state index >= 15 is 0 Å². The molecule has 5 nitrogen and oxygen atoms in total. The minimum Gasteiger partial charge on any atom is -0.481 e. The van der Waals surface area contributed by atoms with E-state index in [9.17, 15) is 14.0 Å². The predicted molar refractivity (Wildman–Crippen MR) is 74.4 cm³/mol. The van der Waals surface area contributed by atoms with Gasteiger partial charge in [0, 0.05) is 13.2 Å². The molecule has 0 unspecified atom stereocenters. The molecule has 1 amide bonds. The van der Waals surface area contributed by atoms with Crippen LogP contribution < -0.4 is 0 Å². The number of carbonyl (C=O) groups excluding carboxylic acids is 1. The van der Waals surface area contributed by atoms with Gasteiger partial charge in [0.05, 0.1) is 17.5 Å². The summed E-state index contributed by atoms with van der Waals surface area (Å²) in [5, 5.41) is 9.17. The van der Waals surface area contributed by atoms with E-state index in [0.29, 0.717) is 12.8 Å². The van der Waals surface area contributed by atoms with Crippen molar-refractivity contribution in [3.8, 4) is 0 Å². The van der Waals surface area contributed by atoms with Gasteiger partial charge in [-0.15, -0.1) is 0 Å². The lowest BCUT2D eigenvalue weighted by atomic mass is 9.78. The van der Waals surface area contributed by atoms with Crippen LogP contribution >= 0.6 is 0 Å². The number of aromatic nitrogens is 1. The summed E-state index contributed by atoms with van der Waals surface area (Å²) in [6.45, 7) is 0. The fourth-order valence-corrected chi connectivity index (χ4v) is 3.03. The largest absolute Gasteiger partial charge is 0.481 e. The number of carboxylic acid groups (broad SMARTS) is 1. The zero-order chi connectivity index (χ0) is 15.5. The molecule has 1 saturated carbocycles. The number of carboxylic acids is 1. The molecular formula is C15H19FN2O3. The third kappa shape index (κ3) is 3.37. The number of rotatable bonds is 4. The molecule has 1 fully saturated rings. The second-order valence-corrected chi connectivity index (χ2v) is 5.59. The van der Waals surface area contributed by atoms with Crippen molar-refractivity contribution in [3.63, 3.8) is 0 Å². The zero-order valence-electron chi connectivity index (χ0n) is 12.0. The van der Waals surface area contributed by atoms with Gasteiger partial charge in [-0.25, -0.2) is 4.98 Å². The second-order valence-electron chi connectivity index (χ2n) is 5.59. The Morgan fingerprint density at radius 1 is 1.33 bits per heavy atom. The van der Waals surface area contributed by atoms with Gasteiger partial charge < -0.3 is 10.0 Å². The Morgan fingerprint density at radius 3 is 2.52 bits per heavy atom. The summed E-state index contributed by atoms with van der Waals surface area (Å²) >= 11 is 0. The van der Waals surface area contributed by atoms with E-state index in [2.05, 4.69) is 4.98 Å². The Labute approximate surface area is 122 Å². The lowest BCUT2D eigenvalue weighted by Gasteiger charge is -2.43. The first kappa shape index (κ1) is 15.4. The van der Waals surface area contributed by atoms with Crippen LogP contribution in [0.5, 0.6) is 0 Å². The van der Waals surface area contributed by atoms with E-state index < -0.39 is 17.5 Å². The lowest BCUT2D eigenvalue weighted by molar-refractivity contribution is -0.140. The van der Waals surface area contributed by atoms with Crippen LogP contribution in [0, 0.1) is 5.95 Å². The zero-order valence-corrected chi connectivity index (χ0v) is 12.0. The van der Waals surface area contributed by atoms with E-state index in [-0.39, 0.29) is 17.9 Å². The van der Waals surface area contributed by atoms with Crippen molar-refractivity contribution in [1.82, 2.24) is 9.88 Å². The number of amides is 1. The van der Waals surface area contributed by atoms with Crippen molar-refractivity contribution in [2.75, 3.05) is 7.05 Å². The average molecular weight is 294 g/mol. The molecule has 0 aromatic carbocycles. The fourth-order valence-electron chi connectivity index (χ4n) is 3.03. The smallest absolute Gasteiger partial charge is 0.305 e. The Morgan fingerprint density at radius 2 is 2.00 bits per heavy atom. The average Bonchev–Trinajstić information content (AvgIpc) is 2.47. The molecule has 1 aliphatic carbocycles. The molecule has 2 rings (SSSR count). The SMILES string of the molecule is CN(C(=O)c1ccc(F)nc1)C1(CC(=O)O)CCCCC1. The number of carbonyl (C=O) groups is 2. The van der Waals surface area contributed by atoms with Crippen LogP contribution in [-0.2, 0) is 4.79 Å². The van der Waals surface area contributed by atoms with Gasteiger partial charge in [0.15, 0.2) is 0 Å². The maximum Gasteiger partial charge on any atom is 0.305 e. The summed E-state index contributed by atoms with van der Waals surface area (Å²) < 4.78 is 12.8. The summed E-state index contributed by atoms with van der Waals surface area (Å²) in [6.07, 6.45) is 5.35. The minimum absolute atomic E-state index is 0.0656. The van der Waals surface area contributed by atoms with Crippen LogP contribution in [0.3, 0.4) is 0 Å². The molecule has 1 aromatic heterocycles. The first-order chi connectivity index (χ1) is 9.94. The Kier molecular flexibility index (Phi) is 4.55. The molecule has 0 atom stereocenters. The fraction of sp³-hybridized carbons (Fsp3) is 0.533. The van der Waals surface area contributed by atoms with Gasteiger partial charge in [0.2, 0.25) is 5.95 Å². The van der Waals surface area contributed by atoms with Gasteiger partial charge in [-0.3, -0.25) is 9.59 Å². The Balaban J connectivity index is 2.24. The highest BCUT2D eigenvalue weighted by molar-refractivity contribution is 5.94. The molecule has 114 valence electrons. The Bertz CT molecular complexity index is 524. The van der Waals surface area contributed by atoms with Gasteiger partial charge >= 0.3 is 5.97 Å².